The van der Waals surface area contributed by atoms with Gasteiger partial charge in [0.05, 0.1) is 22.4 Å². The van der Waals surface area contributed by atoms with Crippen LogP contribution >= 0.6 is 0 Å². The van der Waals surface area contributed by atoms with E-state index in [1.807, 2.05) is 6.20 Å². The van der Waals surface area contributed by atoms with Crippen molar-refractivity contribution in [3.8, 4) is 17.3 Å². The number of nitrogens with zero attached hydrogens (tertiary/aromatic N) is 5. The Morgan fingerprint density at radius 3 is 2.11 bits per heavy atom. The molecule has 6 aromatic rings. The zero-order valence-electron chi connectivity index (χ0n) is 34.7. The highest BCUT2D eigenvalue weighted by Gasteiger charge is 2.44. The maximum atomic E-state index is 6.75. The molecule has 0 amide bonds. The first-order valence-corrected chi connectivity index (χ1v) is 20.2. The first-order valence-electron chi connectivity index (χ1n) is 20.2. The monoisotopic (exact) mass is 749 g/mol. The normalized spacial score (nSPS) is 15.8. The minimum atomic E-state index is -0.0831. The summed E-state index contributed by atoms with van der Waals surface area (Å²) < 4.78 is 9.02. The topological polar surface area (TPSA) is 36.8 Å². The lowest BCUT2D eigenvalue weighted by Crippen LogP contribution is -2.46. The Balaban J connectivity index is 1.10. The van der Waals surface area contributed by atoms with Gasteiger partial charge in [0.2, 0.25) is 0 Å². The molecule has 5 heterocycles. The molecule has 0 saturated heterocycles. The molecule has 4 aromatic carbocycles. The maximum Gasteiger partial charge on any atom is 0.318 e. The number of ether oxygens (including phenoxy) is 1. The summed E-state index contributed by atoms with van der Waals surface area (Å²) in [4.78, 5) is 12.2. The Labute approximate surface area is 338 Å². The summed E-state index contributed by atoms with van der Waals surface area (Å²) in [6.07, 6.45) is 10.8. The standard InChI is InChI=1S/C50H52BN5O/c1-48(2,3)34-25-27-52-45(29-34)56-41-20-11-10-19-38(41)39-24-23-37(31-44(39)56)57-36-18-16-17-35(30-36)54-33-55(43-22-13-12-21-42(43)54)46-40(49(4,5)6)32-53-28-15-14-26-51(53)47(46)50(7,8)9/h10-32H,33H2,1-9H3. The van der Waals surface area contributed by atoms with Crippen molar-refractivity contribution < 1.29 is 4.74 Å². The van der Waals surface area contributed by atoms with Gasteiger partial charge in [0.1, 0.15) is 24.0 Å². The van der Waals surface area contributed by atoms with Crippen LogP contribution in [0.2, 0.25) is 0 Å². The van der Waals surface area contributed by atoms with Crippen LogP contribution in [0.1, 0.15) is 67.9 Å². The van der Waals surface area contributed by atoms with Crippen molar-refractivity contribution in [3.05, 3.63) is 162 Å². The zero-order chi connectivity index (χ0) is 39.9. The number of anilines is 3. The SMILES string of the molecule is CC(C)(C)C1=CN2C=CC=CB2C(C(C)(C)C)=C1N1CN(c2cccc(Oc3ccc4c5ccccc5n(-c5cc(C(C)(C)C)ccn5)c4c3)c2)c2ccccc21. The smallest absolute Gasteiger partial charge is 0.318 e. The summed E-state index contributed by atoms with van der Waals surface area (Å²) in [6.45, 7) is 21.6. The summed E-state index contributed by atoms with van der Waals surface area (Å²) in [5.74, 6) is 4.81. The summed E-state index contributed by atoms with van der Waals surface area (Å²) in [7, 11) is 0. The van der Waals surface area contributed by atoms with Gasteiger partial charge in [0, 0.05) is 40.5 Å². The summed E-state index contributed by atoms with van der Waals surface area (Å²) in [5.41, 5.74) is 10.8. The average molecular weight is 750 g/mol. The van der Waals surface area contributed by atoms with Crippen LogP contribution in [0, 0.1) is 10.8 Å². The van der Waals surface area contributed by atoms with E-state index in [0.717, 1.165) is 34.0 Å². The minimum absolute atomic E-state index is 0.00195. The molecule has 0 unspecified atom stereocenters. The van der Waals surface area contributed by atoms with E-state index in [0.29, 0.717) is 6.67 Å². The van der Waals surface area contributed by atoms with Crippen molar-refractivity contribution in [1.29, 1.82) is 0 Å². The van der Waals surface area contributed by atoms with Gasteiger partial charge in [-0.2, -0.15) is 0 Å². The second-order valence-electron chi connectivity index (χ2n) is 18.7. The van der Waals surface area contributed by atoms with Crippen LogP contribution in [-0.2, 0) is 5.41 Å². The van der Waals surface area contributed by atoms with E-state index in [2.05, 4.69) is 215 Å². The second-order valence-corrected chi connectivity index (χ2v) is 18.7. The fraction of sp³-hybridized carbons (Fsp3) is 0.260. The van der Waals surface area contributed by atoms with Crippen molar-refractivity contribution in [2.45, 2.75) is 67.7 Å². The molecule has 9 rings (SSSR count). The molecule has 2 aromatic heterocycles. The van der Waals surface area contributed by atoms with E-state index in [4.69, 9.17) is 9.72 Å². The molecule has 0 N–H and O–H groups in total. The van der Waals surface area contributed by atoms with E-state index in [9.17, 15) is 0 Å². The molecule has 7 heteroatoms. The van der Waals surface area contributed by atoms with E-state index >= 15 is 0 Å². The highest BCUT2D eigenvalue weighted by molar-refractivity contribution is 6.70. The number of pyridine rings is 1. The highest BCUT2D eigenvalue weighted by atomic mass is 16.5. The van der Waals surface area contributed by atoms with E-state index in [1.54, 1.807) is 0 Å². The summed E-state index contributed by atoms with van der Waals surface area (Å²) in [6, 6.07) is 36.7. The molecular formula is C50H52BN5O. The van der Waals surface area contributed by atoms with E-state index < -0.39 is 0 Å². The molecule has 3 aliphatic rings. The molecule has 0 bridgehead atoms. The maximum absolute atomic E-state index is 6.75. The predicted octanol–water partition coefficient (Wildman–Crippen LogP) is 12.9. The van der Waals surface area contributed by atoms with Gasteiger partial charge in [-0.1, -0.05) is 111 Å². The van der Waals surface area contributed by atoms with Gasteiger partial charge in [-0.15, -0.1) is 0 Å². The average Bonchev–Trinajstić information content (AvgIpc) is 3.72. The molecule has 0 saturated carbocycles. The van der Waals surface area contributed by atoms with E-state index in [1.165, 1.54) is 44.5 Å². The van der Waals surface area contributed by atoms with Gasteiger partial charge < -0.3 is 19.3 Å². The van der Waals surface area contributed by atoms with Crippen molar-refractivity contribution in [3.63, 3.8) is 0 Å². The number of fused-ring (bicyclic) bond motifs is 5. The number of allylic oxidation sites excluding steroid dienone is 4. The molecule has 6 nitrogen and oxygen atoms in total. The number of para-hydroxylation sites is 3. The van der Waals surface area contributed by atoms with Crippen molar-refractivity contribution in [1.82, 2.24) is 14.4 Å². The Bertz CT molecular complexity index is 2680. The van der Waals surface area contributed by atoms with Crippen LogP contribution < -0.4 is 14.5 Å². The first kappa shape index (κ1) is 36.7. The Morgan fingerprint density at radius 2 is 1.35 bits per heavy atom. The minimum Gasteiger partial charge on any atom is -0.457 e. The van der Waals surface area contributed by atoms with Gasteiger partial charge in [-0.05, 0) is 106 Å². The van der Waals surface area contributed by atoms with Gasteiger partial charge in [0.25, 0.3) is 0 Å². The van der Waals surface area contributed by atoms with Crippen LogP contribution in [0.5, 0.6) is 11.5 Å². The number of benzene rings is 4. The second kappa shape index (κ2) is 13.3. The van der Waals surface area contributed by atoms with Crippen LogP contribution in [0.25, 0.3) is 27.6 Å². The lowest BCUT2D eigenvalue weighted by molar-refractivity contribution is 0.470. The summed E-state index contributed by atoms with van der Waals surface area (Å²) in [5, 5.41) is 2.36. The van der Waals surface area contributed by atoms with Crippen LogP contribution in [0.3, 0.4) is 0 Å². The molecular weight excluding hydrogens is 697 g/mol. The number of hydrogen-bond acceptors (Lipinski definition) is 5. The largest absolute Gasteiger partial charge is 0.457 e. The first-order chi connectivity index (χ1) is 27.2. The third-order valence-electron chi connectivity index (χ3n) is 11.6. The van der Waals surface area contributed by atoms with Crippen molar-refractivity contribution in [2.24, 2.45) is 10.8 Å². The third-order valence-corrected chi connectivity index (χ3v) is 11.6. The lowest BCUT2D eigenvalue weighted by Gasteiger charge is -2.45. The van der Waals surface area contributed by atoms with E-state index in [-0.39, 0.29) is 23.1 Å². The number of aromatic nitrogens is 2. The van der Waals surface area contributed by atoms with Gasteiger partial charge in [-0.3, -0.25) is 4.57 Å². The number of rotatable bonds is 5. The molecule has 0 radical (unpaired) electrons. The molecule has 0 atom stereocenters. The van der Waals surface area contributed by atoms with Crippen molar-refractivity contribution in [2.75, 3.05) is 16.5 Å². The molecule has 0 fully saturated rings. The van der Waals surface area contributed by atoms with Crippen LogP contribution in [0.4, 0.5) is 17.1 Å². The molecule has 286 valence electrons. The fourth-order valence-electron chi connectivity index (χ4n) is 8.76. The Morgan fingerprint density at radius 1 is 0.632 bits per heavy atom. The fourth-order valence-corrected chi connectivity index (χ4v) is 8.76. The molecule has 0 aliphatic carbocycles. The summed E-state index contributed by atoms with van der Waals surface area (Å²) >= 11 is 0. The lowest BCUT2D eigenvalue weighted by atomic mass is 9.44. The Kier molecular flexibility index (Phi) is 8.58. The number of hydrogen-bond donors (Lipinski definition) is 0. The predicted molar refractivity (Wildman–Crippen MR) is 240 cm³/mol. The van der Waals surface area contributed by atoms with Gasteiger partial charge in [-0.25, -0.2) is 4.98 Å². The quantitative estimate of drug-likeness (QED) is 0.164. The van der Waals surface area contributed by atoms with Gasteiger partial charge >= 0.3 is 6.85 Å². The third kappa shape index (κ3) is 6.43. The van der Waals surface area contributed by atoms with Crippen LogP contribution in [-0.4, -0.2) is 27.9 Å². The molecule has 0 spiro atoms. The molecule has 57 heavy (non-hydrogen) atoms. The van der Waals surface area contributed by atoms with Gasteiger partial charge in [0.15, 0.2) is 0 Å². The van der Waals surface area contributed by atoms with Crippen LogP contribution in [0.15, 0.2) is 157 Å². The van der Waals surface area contributed by atoms with Crippen molar-refractivity contribution >= 4 is 45.7 Å². The molecule has 3 aliphatic heterocycles. The highest BCUT2D eigenvalue weighted by Crippen LogP contribution is 2.51. The Hall–Kier alpha value is -5.95. The zero-order valence-corrected chi connectivity index (χ0v) is 34.7.